The molecule has 0 aliphatic heterocycles. The van der Waals surface area contributed by atoms with Crippen molar-refractivity contribution in [2.75, 3.05) is 26.2 Å². The largest absolute Gasteiger partial charge is 0.315 e. The molecule has 2 nitrogen and oxygen atoms in total. The third kappa shape index (κ3) is 6.16. The van der Waals surface area contributed by atoms with E-state index < -0.39 is 0 Å². The average molecular weight is 212 g/mol. The van der Waals surface area contributed by atoms with E-state index in [9.17, 15) is 0 Å². The van der Waals surface area contributed by atoms with Gasteiger partial charge in [0.05, 0.1) is 0 Å². The summed E-state index contributed by atoms with van der Waals surface area (Å²) >= 11 is 0. The zero-order chi connectivity index (χ0) is 11.1. The molecular weight excluding hydrogens is 184 g/mol. The normalized spacial score (nSPS) is 16.6. The van der Waals surface area contributed by atoms with Gasteiger partial charge in [0.15, 0.2) is 0 Å². The highest BCUT2D eigenvalue weighted by atomic mass is 15.2. The van der Waals surface area contributed by atoms with Crippen LogP contribution in [0.2, 0.25) is 0 Å². The second-order valence-electron chi connectivity index (χ2n) is 5.22. The van der Waals surface area contributed by atoms with Crippen LogP contribution in [0.25, 0.3) is 0 Å². The number of nitrogens with zero attached hydrogens (tertiary/aromatic N) is 1. The van der Waals surface area contributed by atoms with Gasteiger partial charge >= 0.3 is 0 Å². The second-order valence-corrected chi connectivity index (χ2v) is 5.22. The molecule has 1 N–H and O–H groups in total. The maximum absolute atomic E-state index is 3.53. The van der Waals surface area contributed by atoms with Crippen molar-refractivity contribution >= 4 is 0 Å². The van der Waals surface area contributed by atoms with Crippen LogP contribution in [0.15, 0.2) is 0 Å². The summed E-state index contributed by atoms with van der Waals surface area (Å²) in [6.45, 7) is 11.8. The molecule has 0 radical (unpaired) electrons. The lowest BCUT2D eigenvalue weighted by atomic mass is 10.2. The molecule has 1 fully saturated rings. The molecule has 1 rings (SSSR count). The molecule has 1 saturated carbocycles. The Balaban J connectivity index is 2.04. The van der Waals surface area contributed by atoms with Crippen molar-refractivity contribution in [2.24, 2.45) is 5.92 Å². The number of rotatable bonds is 9. The molecule has 0 saturated heterocycles. The monoisotopic (exact) mass is 212 g/mol. The summed E-state index contributed by atoms with van der Waals surface area (Å²) in [5, 5.41) is 3.53. The first-order valence-electron chi connectivity index (χ1n) is 6.68. The first-order chi connectivity index (χ1) is 7.24. The first-order valence-corrected chi connectivity index (χ1v) is 6.68. The van der Waals surface area contributed by atoms with Crippen molar-refractivity contribution in [2.45, 2.75) is 52.5 Å². The summed E-state index contributed by atoms with van der Waals surface area (Å²) in [4.78, 5) is 2.67. The van der Waals surface area contributed by atoms with Crippen molar-refractivity contribution in [1.82, 2.24) is 10.2 Å². The zero-order valence-electron chi connectivity index (χ0n) is 10.8. The van der Waals surface area contributed by atoms with E-state index in [-0.39, 0.29) is 0 Å². The maximum atomic E-state index is 3.53. The van der Waals surface area contributed by atoms with E-state index >= 15 is 0 Å². The Morgan fingerprint density at radius 3 is 2.53 bits per heavy atom. The third-order valence-corrected chi connectivity index (χ3v) is 2.95. The highest BCUT2D eigenvalue weighted by molar-refractivity contribution is 4.85. The van der Waals surface area contributed by atoms with Gasteiger partial charge in [0, 0.05) is 25.7 Å². The summed E-state index contributed by atoms with van der Waals surface area (Å²) < 4.78 is 0. The van der Waals surface area contributed by atoms with Crippen LogP contribution >= 0.6 is 0 Å². The van der Waals surface area contributed by atoms with E-state index in [0.29, 0.717) is 0 Å². The molecule has 0 amide bonds. The zero-order valence-corrected chi connectivity index (χ0v) is 10.8. The van der Waals surface area contributed by atoms with Gasteiger partial charge in [-0.2, -0.15) is 0 Å². The summed E-state index contributed by atoms with van der Waals surface area (Å²) in [6.07, 6.45) is 5.47. The molecule has 0 atom stereocenters. The van der Waals surface area contributed by atoms with Crippen LogP contribution in [-0.2, 0) is 0 Å². The Labute approximate surface area is 95.4 Å². The summed E-state index contributed by atoms with van der Waals surface area (Å²) in [7, 11) is 0. The lowest BCUT2D eigenvalue weighted by molar-refractivity contribution is 0.234. The summed E-state index contributed by atoms with van der Waals surface area (Å²) in [5.41, 5.74) is 0. The molecule has 1 aliphatic carbocycles. The molecule has 90 valence electrons. The van der Waals surface area contributed by atoms with Crippen LogP contribution in [-0.4, -0.2) is 37.1 Å². The van der Waals surface area contributed by atoms with Gasteiger partial charge in [-0.3, -0.25) is 4.90 Å². The molecule has 0 heterocycles. The van der Waals surface area contributed by atoms with E-state index in [1.165, 1.54) is 51.9 Å². The van der Waals surface area contributed by atoms with Crippen LogP contribution < -0.4 is 5.32 Å². The van der Waals surface area contributed by atoms with E-state index in [1.54, 1.807) is 0 Å². The van der Waals surface area contributed by atoms with E-state index in [2.05, 4.69) is 31.0 Å². The molecule has 0 aromatic heterocycles. The third-order valence-electron chi connectivity index (χ3n) is 2.95. The van der Waals surface area contributed by atoms with Crippen LogP contribution in [0.5, 0.6) is 0 Å². The fraction of sp³-hybridized carbons (Fsp3) is 1.00. The van der Waals surface area contributed by atoms with E-state index in [1.807, 2.05) is 0 Å². The molecule has 0 bridgehead atoms. The van der Waals surface area contributed by atoms with Crippen LogP contribution in [0.3, 0.4) is 0 Å². The Kier molecular flexibility index (Phi) is 6.26. The summed E-state index contributed by atoms with van der Waals surface area (Å²) in [6, 6.07) is 0.917. The summed E-state index contributed by atoms with van der Waals surface area (Å²) in [5.74, 6) is 0.807. The van der Waals surface area contributed by atoms with Gasteiger partial charge in [-0.1, -0.05) is 27.2 Å². The second kappa shape index (κ2) is 7.24. The van der Waals surface area contributed by atoms with Gasteiger partial charge in [0.25, 0.3) is 0 Å². The fourth-order valence-corrected chi connectivity index (χ4v) is 1.98. The van der Waals surface area contributed by atoms with Crippen molar-refractivity contribution in [3.63, 3.8) is 0 Å². The molecule has 15 heavy (non-hydrogen) atoms. The van der Waals surface area contributed by atoms with Crippen LogP contribution in [0.4, 0.5) is 0 Å². The van der Waals surface area contributed by atoms with Crippen LogP contribution in [0.1, 0.15) is 46.5 Å². The van der Waals surface area contributed by atoms with Gasteiger partial charge in [-0.25, -0.2) is 0 Å². The topological polar surface area (TPSA) is 15.3 Å². The molecular formula is C13H28N2. The Hall–Kier alpha value is -0.0800. The van der Waals surface area contributed by atoms with E-state index in [0.717, 1.165) is 12.0 Å². The minimum absolute atomic E-state index is 0.807. The molecule has 0 aromatic carbocycles. The quantitative estimate of drug-likeness (QED) is 0.591. The van der Waals surface area contributed by atoms with E-state index in [4.69, 9.17) is 0 Å². The number of nitrogens with one attached hydrogen (secondary N) is 1. The molecule has 0 aromatic rings. The lowest BCUT2D eigenvalue weighted by Crippen LogP contribution is -2.36. The van der Waals surface area contributed by atoms with Crippen molar-refractivity contribution < 1.29 is 0 Å². The fourth-order valence-electron chi connectivity index (χ4n) is 1.98. The van der Waals surface area contributed by atoms with Gasteiger partial charge in [0.2, 0.25) is 0 Å². The standard InChI is InChI=1S/C13H28N2/c1-4-5-8-14-9-10-15(11-12(2)3)13-6-7-13/h12-14H,4-11H2,1-3H3. The van der Waals surface area contributed by atoms with Crippen LogP contribution in [0, 0.1) is 5.92 Å². The van der Waals surface area contributed by atoms with Crippen molar-refractivity contribution in [3.05, 3.63) is 0 Å². The highest BCUT2D eigenvalue weighted by Crippen LogP contribution is 2.26. The lowest BCUT2D eigenvalue weighted by Gasteiger charge is -2.24. The Bertz CT molecular complexity index is 153. The van der Waals surface area contributed by atoms with Gasteiger partial charge < -0.3 is 5.32 Å². The number of unbranched alkanes of at least 4 members (excludes halogenated alkanes) is 1. The SMILES string of the molecule is CCCCNCCN(CC(C)C)C1CC1. The van der Waals surface area contributed by atoms with Gasteiger partial charge in [-0.05, 0) is 31.7 Å². The predicted molar refractivity (Wildman–Crippen MR) is 67.2 cm³/mol. The Morgan fingerprint density at radius 2 is 2.00 bits per heavy atom. The highest BCUT2D eigenvalue weighted by Gasteiger charge is 2.28. The van der Waals surface area contributed by atoms with Crippen molar-refractivity contribution in [1.29, 1.82) is 0 Å². The Morgan fingerprint density at radius 1 is 1.27 bits per heavy atom. The smallest absolute Gasteiger partial charge is 0.0110 e. The predicted octanol–water partition coefficient (Wildman–Crippen LogP) is 2.50. The molecule has 0 unspecified atom stereocenters. The maximum Gasteiger partial charge on any atom is 0.0110 e. The first kappa shape index (κ1) is 13.0. The van der Waals surface area contributed by atoms with Gasteiger partial charge in [0.1, 0.15) is 0 Å². The van der Waals surface area contributed by atoms with Crippen molar-refractivity contribution in [3.8, 4) is 0 Å². The van der Waals surface area contributed by atoms with Gasteiger partial charge in [-0.15, -0.1) is 0 Å². The number of hydrogen-bond acceptors (Lipinski definition) is 2. The minimum atomic E-state index is 0.807. The number of hydrogen-bond donors (Lipinski definition) is 1. The average Bonchev–Trinajstić information content (AvgIpc) is 2.98. The molecule has 0 spiro atoms. The molecule has 2 heteroatoms. The molecule has 1 aliphatic rings. The minimum Gasteiger partial charge on any atom is -0.315 e.